The minimum Gasteiger partial charge on any atom is -0.461 e. The minimum atomic E-state index is -0.410. The van der Waals surface area contributed by atoms with Crippen molar-refractivity contribution in [3.05, 3.63) is 69.2 Å². The highest BCUT2D eigenvalue weighted by atomic mass is 35.5. The van der Waals surface area contributed by atoms with Crippen LogP contribution in [-0.2, 0) is 16.1 Å². The van der Waals surface area contributed by atoms with E-state index in [2.05, 4.69) is 0 Å². The van der Waals surface area contributed by atoms with E-state index in [1.807, 2.05) is 0 Å². The Labute approximate surface area is 160 Å². The van der Waals surface area contributed by atoms with Gasteiger partial charge < -0.3 is 4.74 Å². The number of esters is 1. The SMILES string of the molecule is O=C(CCCN1C(=O)c2ccccc2C1=O)OCc1ccc(Cl)c(Cl)c1. The maximum atomic E-state index is 12.2. The van der Waals surface area contributed by atoms with Gasteiger partial charge in [-0.2, -0.15) is 0 Å². The van der Waals surface area contributed by atoms with Crippen LogP contribution in [0.15, 0.2) is 42.5 Å². The largest absolute Gasteiger partial charge is 0.461 e. The number of carbonyl (C=O) groups is 3. The maximum absolute atomic E-state index is 12.2. The van der Waals surface area contributed by atoms with Gasteiger partial charge in [0, 0.05) is 13.0 Å². The summed E-state index contributed by atoms with van der Waals surface area (Å²) in [6, 6.07) is 11.7. The molecule has 134 valence electrons. The van der Waals surface area contributed by atoms with Crippen LogP contribution in [0, 0.1) is 0 Å². The molecule has 0 aliphatic carbocycles. The summed E-state index contributed by atoms with van der Waals surface area (Å²) in [5, 5.41) is 0.827. The van der Waals surface area contributed by atoms with Crippen LogP contribution in [0.25, 0.3) is 0 Å². The molecule has 1 aliphatic rings. The Morgan fingerprint density at radius 1 is 0.962 bits per heavy atom. The number of halogens is 2. The number of benzene rings is 2. The van der Waals surface area contributed by atoms with Crippen LogP contribution in [0.3, 0.4) is 0 Å². The van der Waals surface area contributed by atoms with Crippen molar-refractivity contribution in [2.24, 2.45) is 0 Å². The van der Waals surface area contributed by atoms with Gasteiger partial charge in [0.15, 0.2) is 0 Å². The van der Waals surface area contributed by atoms with Crippen molar-refractivity contribution >= 4 is 41.0 Å². The van der Waals surface area contributed by atoms with Crippen molar-refractivity contribution in [1.82, 2.24) is 4.90 Å². The molecule has 0 atom stereocenters. The average Bonchev–Trinajstić information content (AvgIpc) is 2.88. The summed E-state index contributed by atoms with van der Waals surface area (Å²) in [6.07, 6.45) is 0.445. The Balaban J connectivity index is 1.46. The second kappa shape index (κ2) is 7.89. The van der Waals surface area contributed by atoms with Gasteiger partial charge in [0.2, 0.25) is 0 Å². The second-order valence-corrected chi connectivity index (χ2v) is 6.63. The van der Waals surface area contributed by atoms with Gasteiger partial charge in [-0.15, -0.1) is 0 Å². The fourth-order valence-electron chi connectivity index (χ4n) is 2.69. The van der Waals surface area contributed by atoms with Gasteiger partial charge in [0.1, 0.15) is 6.61 Å². The normalized spacial score (nSPS) is 13.1. The number of fused-ring (bicyclic) bond motifs is 1. The second-order valence-electron chi connectivity index (χ2n) is 5.82. The lowest BCUT2D eigenvalue weighted by Crippen LogP contribution is -2.31. The third kappa shape index (κ3) is 3.89. The molecule has 0 spiro atoms. The molecule has 0 bridgehead atoms. The highest BCUT2D eigenvalue weighted by molar-refractivity contribution is 6.42. The Hall–Kier alpha value is -2.37. The first-order valence-electron chi connectivity index (χ1n) is 8.02. The Morgan fingerprint density at radius 3 is 2.23 bits per heavy atom. The highest BCUT2D eigenvalue weighted by Crippen LogP contribution is 2.24. The highest BCUT2D eigenvalue weighted by Gasteiger charge is 2.34. The summed E-state index contributed by atoms with van der Waals surface area (Å²) in [5.74, 6) is -1.06. The molecule has 0 saturated heterocycles. The van der Waals surface area contributed by atoms with Crippen LogP contribution in [0.2, 0.25) is 10.0 Å². The molecule has 2 amide bonds. The predicted molar refractivity (Wildman–Crippen MR) is 97.3 cm³/mol. The van der Waals surface area contributed by atoms with Crippen LogP contribution >= 0.6 is 23.2 Å². The Morgan fingerprint density at radius 2 is 1.62 bits per heavy atom. The topological polar surface area (TPSA) is 63.7 Å². The van der Waals surface area contributed by atoms with E-state index in [1.54, 1.807) is 42.5 Å². The zero-order valence-corrected chi connectivity index (χ0v) is 15.2. The molecule has 0 radical (unpaired) electrons. The molecule has 7 heteroatoms. The summed E-state index contributed by atoms with van der Waals surface area (Å²) in [7, 11) is 0. The number of rotatable bonds is 6. The third-order valence-corrected chi connectivity index (χ3v) is 4.76. The van der Waals surface area contributed by atoms with Crippen LogP contribution in [0.5, 0.6) is 0 Å². The Kier molecular flexibility index (Phi) is 5.59. The van der Waals surface area contributed by atoms with Gasteiger partial charge in [-0.1, -0.05) is 41.4 Å². The molecular formula is C19H15Cl2NO4. The van der Waals surface area contributed by atoms with Crippen molar-refractivity contribution in [2.75, 3.05) is 6.54 Å². The molecule has 0 aromatic heterocycles. The molecule has 26 heavy (non-hydrogen) atoms. The van der Waals surface area contributed by atoms with Crippen molar-refractivity contribution in [2.45, 2.75) is 19.4 Å². The van der Waals surface area contributed by atoms with E-state index in [-0.39, 0.29) is 31.4 Å². The molecule has 0 N–H and O–H groups in total. The molecule has 0 unspecified atom stereocenters. The Bertz CT molecular complexity index is 847. The van der Waals surface area contributed by atoms with E-state index in [4.69, 9.17) is 27.9 Å². The fraction of sp³-hybridized carbons (Fsp3) is 0.211. The van der Waals surface area contributed by atoms with Crippen molar-refractivity contribution in [3.63, 3.8) is 0 Å². The number of carbonyl (C=O) groups excluding carboxylic acids is 3. The molecule has 2 aromatic carbocycles. The number of imide groups is 1. The molecular weight excluding hydrogens is 377 g/mol. The predicted octanol–water partition coefficient (Wildman–Crippen LogP) is 4.11. The molecule has 5 nitrogen and oxygen atoms in total. The summed E-state index contributed by atoms with van der Waals surface area (Å²) in [6.45, 7) is 0.261. The zero-order valence-electron chi connectivity index (χ0n) is 13.7. The lowest BCUT2D eigenvalue weighted by atomic mass is 10.1. The smallest absolute Gasteiger partial charge is 0.306 e. The van der Waals surface area contributed by atoms with Crippen molar-refractivity contribution in [1.29, 1.82) is 0 Å². The molecule has 1 heterocycles. The van der Waals surface area contributed by atoms with Crippen LogP contribution in [0.1, 0.15) is 39.1 Å². The first-order chi connectivity index (χ1) is 12.5. The molecule has 0 saturated carbocycles. The van der Waals surface area contributed by atoms with E-state index >= 15 is 0 Å². The monoisotopic (exact) mass is 391 g/mol. The van der Waals surface area contributed by atoms with Crippen molar-refractivity contribution in [3.8, 4) is 0 Å². The minimum absolute atomic E-state index is 0.0861. The van der Waals surface area contributed by atoms with E-state index in [0.717, 1.165) is 10.5 Å². The van der Waals surface area contributed by atoms with E-state index in [9.17, 15) is 14.4 Å². The lowest BCUT2D eigenvalue weighted by molar-refractivity contribution is -0.145. The summed E-state index contributed by atoms with van der Waals surface area (Å²) >= 11 is 11.7. The average molecular weight is 392 g/mol. The number of amides is 2. The molecule has 3 rings (SSSR count). The summed E-state index contributed by atoms with van der Waals surface area (Å²) in [4.78, 5) is 37.5. The van der Waals surface area contributed by atoms with E-state index < -0.39 is 5.97 Å². The number of nitrogens with zero attached hydrogens (tertiary/aromatic N) is 1. The summed E-state index contributed by atoms with van der Waals surface area (Å²) in [5.41, 5.74) is 1.53. The first-order valence-corrected chi connectivity index (χ1v) is 8.77. The number of hydrogen-bond acceptors (Lipinski definition) is 4. The number of hydrogen-bond donors (Lipinski definition) is 0. The maximum Gasteiger partial charge on any atom is 0.306 e. The lowest BCUT2D eigenvalue weighted by Gasteiger charge is -2.13. The van der Waals surface area contributed by atoms with Crippen LogP contribution < -0.4 is 0 Å². The molecule has 2 aromatic rings. The van der Waals surface area contributed by atoms with Crippen molar-refractivity contribution < 1.29 is 19.1 Å². The van der Waals surface area contributed by atoms with Gasteiger partial charge in [0.05, 0.1) is 21.2 Å². The van der Waals surface area contributed by atoms with E-state index in [1.165, 1.54) is 0 Å². The van der Waals surface area contributed by atoms with Crippen LogP contribution in [0.4, 0.5) is 0 Å². The fourth-order valence-corrected chi connectivity index (χ4v) is 3.01. The summed E-state index contributed by atoms with van der Waals surface area (Å²) < 4.78 is 5.17. The van der Waals surface area contributed by atoms with Gasteiger partial charge in [0.25, 0.3) is 11.8 Å². The van der Waals surface area contributed by atoms with E-state index in [0.29, 0.717) is 27.6 Å². The molecule has 1 aliphatic heterocycles. The van der Waals surface area contributed by atoms with Crippen LogP contribution in [-0.4, -0.2) is 29.2 Å². The zero-order chi connectivity index (χ0) is 18.7. The quantitative estimate of drug-likeness (QED) is 0.548. The first kappa shape index (κ1) is 18.4. The van der Waals surface area contributed by atoms with Gasteiger partial charge in [-0.05, 0) is 36.2 Å². The standard InChI is InChI=1S/C19H15Cl2NO4/c20-15-8-7-12(10-16(15)21)11-26-17(23)6-3-9-22-18(24)13-4-1-2-5-14(13)19(22)25/h1-2,4-5,7-8,10H,3,6,9,11H2. The third-order valence-electron chi connectivity index (χ3n) is 4.02. The van der Waals surface area contributed by atoms with Gasteiger partial charge >= 0.3 is 5.97 Å². The van der Waals surface area contributed by atoms with Gasteiger partial charge in [-0.3, -0.25) is 19.3 Å². The van der Waals surface area contributed by atoms with Gasteiger partial charge in [-0.25, -0.2) is 0 Å². The number of ether oxygens (including phenoxy) is 1. The molecule has 0 fully saturated rings.